The Morgan fingerprint density at radius 2 is 1.90 bits per heavy atom. The van der Waals surface area contributed by atoms with Crippen LogP contribution in [0, 0.1) is 10.1 Å². The van der Waals surface area contributed by atoms with E-state index >= 15 is 0 Å². The SMILES string of the molecule is CCOC(=O)c1sc2ccsc2c1CN1CCN(c2ccc([N+](=O)[O-])cc2)CC1. The molecule has 0 N–H and O–H groups in total. The standard InChI is InChI=1S/C20H21N3O4S2/c1-2-27-20(24)19-16(18-17(29-19)7-12-28-18)13-21-8-10-22(11-9-21)14-3-5-15(6-4-14)23(25)26/h3-7,12H,2,8-11,13H2,1H3. The maximum Gasteiger partial charge on any atom is 0.348 e. The number of thiophene rings is 2. The molecule has 2 aromatic heterocycles. The first-order valence-corrected chi connectivity index (χ1v) is 11.1. The summed E-state index contributed by atoms with van der Waals surface area (Å²) in [6.07, 6.45) is 0. The van der Waals surface area contributed by atoms with Crippen molar-refractivity contribution in [2.75, 3.05) is 37.7 Å². The van der Waals surface area contributed by atoms with Crippen molar-refractivity contribution in [2.45, 2.75) is 13.5 Å². The van der Waals surface area contributed by atoms with Gasteiger partial charge in [-0.15, -0.1) is 22.7 Å². The van der Waals surface area contributed by atoms with Crippen molar-refractivity contribution >= 4 is 49.4 Å². The van der Waals surface area contributed by atoms with Crippen molar-refractivity contribution in [1.29, 1.82) is 0 Å². The molecule has 0 spiro atoms. The van der Waals surface area contributed by atoms with Crippen LogP contribution in [0.25, 0.3) is 9.40 Å². The molecule has 0 radical (unpaired) electrons. The second-order valence-electron chi connectivity index (χ2n) is 6.78. The highest BCUT2D eigenvalue weighted by atomic mass is 32.1. The zero-order valence-electron chi connectivity index (χ0n) is 16.0. The van der Waals surface area contributed by atoms with Crippen molar-refractivity contribution in [3.63, 3.8) is 0 Å². The summed E-state index contributed by atoms with van der Waals surface area (Å²) in [6.45, 7) is 6.32. The van der Waals surface area contributed by atoms with Gasteiger partial charge >= 0.3 is 5.97 Å². The van der Waals surface area contributed by atoms with E-state index in [2.05, 4.69) is 21.2 Å². The number of benzene rings is 1. The molecule has 0 amide bonds. The number of ether oxygens (including phenoxy) is 1. The normalized spacial score (nSPS) is 15.0. The molecule has 7 nitrogen and oxygen atoms in total. The highest BCUT2D eigenvalue weighted by Crippen LogP contribution is 2.37. The molecule has 4 rings (SSSR count). The van der Waals surface area contributed by atoms with Crippen molar-refractivity contribution < 1.29 is 14.5 Å². The molecule has 1 fully saturated rings. The molecule has 1 saturated heterocycles. The van der Waals surface area contributed by atoms with E-state index in [1.54, 1.807) is 35.6 Å². The van der Waals surface area contributed by atoms with E-state index in [1.807, 2.05) is 6.92 Å². The molecular weight excluding hydrogens is 410 g/mol. The summed E-state index contributed by atoms with van der Waals surface area (Å²) in [5.74, 6) is -0.236. The Balaban J connectivity index is 1.44. The lowest BCUT2D eigenvalue weighted by atomic mass is 10.2. The summed E-state index contributed by atoms with van der Waals surface area (Å²) in [4.78, 5) is 28.2. The molecule has 29 heavy (non-hydrogen) atoms. The quantitative estimate of drug-likeness (QED) is 0.328. The van der Waals surface area contributed by atoms with E-state index in [9.17, 15) is 14.9 Å². The molecule has 3 aromatic rings. The third-order valence-corrected chi connectivity index (χ3v) is 7.31. The fourth-order valence-electron chi connectivity index (χ4n) is 3.55. The minimum Gasteiger partial charge on any atom is -0.462 e. The molecule has 1 aliphatic rings. The topological polar surface area (TPSA) is 75.9 Å². The predicted octanol–water partition coefficient (Wildman–Crippen LogP) is 4.37. The highest BCUT2D eigenvalue weighted by Gasteiger charge is 2.24. The Hall–Kier alpha value is -2.49. The summed E-state index contributed by atoms with van der Waals surface area (Å²) in [5.41, 5.74) is 2.18. The molecule has 0 saturated carbocycles. The first-order chi connectivity index (χ1) is 14.1. The number of carbonyl (C=O) groups is 1. The number of carbonyl (C=O) groups excluding carboxylic acids is 1. The van der Waals surface area contributed by atoms with Crippen LogP contribution < -0.4 is 4.90 Å². The number of hydrogen-bond donors (Lipinski definition) is 0. The lowest BCUT2D eigenvalue weighted by molar-refractivity contribution is -0.384. The van der Waals surface area contributed by atoms with Gasteiger partial charge in [-0.25, -0.2) is 4.79 Å². The van der Waals surface area contributed by atoms with Crippen molar-refractivity contribution in [3.8, 4) is 0 Å². The van der Waals surface area contributed by atoms with Crippen LogP contribution in [0.2, 0.25) is 0 Å². The molecule has 3 heterocycles. The molecule has 9 heteroatoms. The number of hydrogen-bond acceptors (Lipinski definition) is 8. The van der Waals surface area contributed by atoms with Gasteiger partial charge in [0.05, 0.1) is 16.2 Å². The molecule has 0 aliphatic carbocycles. The van der Waals surface area contributed by atoms with Crippen molar-refractivity contribution in [2.24, 2.45) is 0 Å². The van der Waals surface area contributed by atoms with Crippen LogP contribution in [0.5, 0.6) is 0 Å². The highest BCUT2D eigenvalue weighted by molar-refractivity contribution is 7.28. The van der Waals surface area contributed by atoms with Crippen LogP contribution in [0.1, 0.15) is 22.2 Å². The zero-order chi connectivity index (χ0) is 20.4. The minimum absolute atomic E-state index is 0.108. The number of nitro groups is 1. The Labute approximate surface area is 176 Å². The van der Waals surface area contributed by atoms with Gasteiger partial charge < -0.3 is 9.64 Å². The van der Waals surface area contributed by atoms with Crippen molar-refractivity contribution in [3.05, 3.63) is 56.3 Å². The Morgan fingerprint density at radius 1 is 1.17 bits per heavy atom. The fraction of sp³-hybridized carbons (Fsp3) is 0.350. The van der Waals surface area contributed by atoms with E-state index in [-0.39, 0.29) is 16.6 Å². The molecular formula is C20H21N3O4S2. The summed E-state index contributed by atoms with van der Waals surface area (Å²) < 4.78 is 7.57. The molecule has 1 aromatic carbocycles. The molecule has 152 valence electrons. The van der Waals surface area contributed by atoms with Gasteiger partial charge in [0.25, 0.3) is 5.69 Å². The first-order valence-electron chi connectivity index (χ1n) is 9.44. The van der Waals surface area contributed by atoms with Crippen molar-refractivity contribution in [1.82, 2.24) is 4.90 Å². The first kappa shape index (κ1) is 19.8. The Kier molecular flexibility index (Phi) is 5.79. The van der Waals surface area contributed by atoms with Gasteiger partial charge in [-0.05, 0) is 30.5 Å². The van der Waals surface area contributed by atoms with Gasteiger partial charge in [-0.2, -0.15) is 0 Å². The van der Waals surface area contributed by atoms with Gasteiger partial charge in [0.1, 0.15) is 4.88 Å². The lowest BCUT2D eigenvalue weighted by Crippen LogP contribution is -2.46. The number of fused-ring (bicyclic) bond motifs is 1. The Morgan fingerprint density at radius 3 is 2.55 bits per heavy atom. The van der Waals surface area contributed by atoms with Gasteiger partial charge in [0, 0.05) is 60.8 Å². The number of anilines is 1. The number of non-ortho nitro benzene ring substituents is 1. The van der Waals surface area contributed by atoms with E-state index in [4.69, 9.17) is 4.74 Å². The molecule has 0 unspecified atom stereocenters. The van der Waals surface area contributed by atoms with Crippen LogP contribution in [0.3, 0.4) is 0 Å². The van der Waals surface area contributed by atoms with E-state index in [0.717, 1.165) is 48.7 Å². The third-order valence-electron chi connectivity index (χ3n) is 5.03. The molecule has 0 bridgehead atoms. The van der Waals surface area contributed by atoms with Crippen LogP contribution >= 0.6 is 22.7 Å². The van der Waals surface area contributed by atoms with E-state index in [0.29, 0.717) is 11.5 Å². The maximum absolute atomic E-state index is 12.4. The number of rotatable bonds is 6. The molecule has 0 atom stereocenters. The average molecular weight is 432 g/mol. The minimum atomic E-state index is -0.380. The maximum atomic E-state index is 12.4. The second-order valence-corrected chi connectivity index (χ2v) is 8.75. The van der Waals surface area contributed by atoms with Crippen LogP contribution in [-0.2, 0) is 11.3 Å². The number of esters is 1. The van der Waals surface area contributed by atoms with E-state index < -0.39 is 0 Å². The van der Waals surface area contributed by atoms with Gasteiger partial charge in [0.2, 0.25) is 0 Å². The second kappa shape index (κ2) is 8.48. The summed E-state index contributed by atoms with van der Waals surface area (Å²) in [7, 11) is 0. The zero-order valence-corrected chi connectivity index (χ0v) is 17.6. The van der Waals surface area contributed by atoms with Crippen LogP contribution in [0.4, 0.5) is 11.4 Å². The smallest absolute Gasteiger partial charge is 0.348 e. The summed E-state index contributed by atoms with van der Waals surface area (Å²) in [5, 5.41) is 12.9. The summed E-state index contributed by atoms with van der Waals surface area (Å²) >= 11 is 3.18. The van der Waals surface area contributed by atoms with Crippen LogP contribution in [0.15, 0.2) is 35.7 Å². The number of nitrogens with zero attached hydrogens (tertiary/aromatic N) is 3. The van der Waals surface area contributed by atoms with Gasteiger partial charge in [-0.3, -0.25) is 15.0 Å². The lowest BCUT2D eigenvalue weighted by Gasteiger charge is -2.36. The molecule has 1 aliphatic heterocycles. The fourth-order valence-corrected chi connectivity index (χ4v) is 5.81. The van der Waals surface area contributed by atoms with E-state index in [1.165, 1.54) is 16.0 Å². The number of piperazine rings is 1. The largest absolute Gasteiger partial charge is 0.462 e. The monoisotopic (exact) mass is 431 g/mol. The number of nitro benzene ring substituents is 1. The van der Waals surface area contributed by atoms with Gasteiger partial charge in [-0.1, -0.05) is 0 Å². The average Bonchev–Trinajstić information content (AvgIpc) is 3.31. The third kappa shape index (κ3) is 4.12. The Bertz CT molecular complexity index is 1020. The summed E-state index contributed by atoms with van der Waals surface area (Å²) in [6, 6.07) is 8.77. The van der Waals surface area contributed by atoms with Crippen LogP contribution in [-0.4, -0.2) is 48.6 Å². The van der Waals surface area contributed by atoms with Gasteiger partial charge in [0.15, 0.2) is 0 Å². The predicted molar refractivity (Wildman–Crippen MR) is 116 cm³/mol.